The molecule has 0 saturated heterocycles. The van der Waals surface area contributed by atoms with Gasteiger partial charge in [-0.3, -0.25) is 0 Å². The Labute approximate surface area is 124 Å². The fraction of sp³-hybridized carbons (Fsp3) is 0.600. The van der Waals surface area contributed by atoms with Crippen LogP contribution in [0.4, 0.5) is 0 Å². The lowest BCUT2D eigenvalue weighted by molar-refractivity contribution is 0.126. The Morgan fingerprint density at radius 3 is 2.76 bits per heavy atom. The Balaban J connectivity index is 1.91. The van der Waals surface area contributed by atoms with E-state index in [1.807, 2.05) is 12.1 Å². The van der Waals surface area contributed by atoms with Crippen LogP contribution in [0.2, 0.25) is 0 Å². The number of benzene rings is 1. The first kappa shape index (κ1) is 16.0. The average molecular weight is 297 g/mol. The lowest BCUT2D eigenvalue weighted by Crippen LogP contribution is -2.36. The van der Waals surface area contributed by atoms with Gasteiger partial charge in [0.05, 0.1) is 12.7 Å². The molecule has 21 heavy (non-hydrogen) atoms. The van der Waals surface area contributed by atoms with E-state index in [1.54, 1.807) is 13.2 Å². The van der Waals surface area contributed by atoms with Crippen LogP contribution in [0.1, 0.15) is 18.1 Å². The molecule has 0 aromatic heterocycles. The first-order valence-electron chi connectivity index (χ1n) is 7.15. The third-order valence-electron chi connectivity index (χ3n) is 3.40. The zero-order chi connectivity index (χ0) is 15.1. The topological polar surface area (TPSA) is 80.2 Å². The van der Waals surface area contributed by atoms with Gasteiger partial charge in [0.2, 0.25) is 0 Å². The summed E-state index contributed by atoms with van der Waals surface area (Å²) < 4.78 is 16.0. The van der Waals surface area contributed by atoms with Crippen molar-refractivity contribution >= 4 is 0 Å². The number of ether oxygens (including phenoxy) is 3. The standard InChI is InChI=1S/C15H23NO5/c1-19-10-12(4-5-17)16-9-13(18)11-2-3-14-15(8-11)21-7-6-20-14/h2-3,8,12-13,16-18H,4-7,9-10H2,1H3. The Morgan fingerprint density at radius 1 is 1.29 bits per heavy atom. The van der Waals surface area contributed by atoms with Crippen LogP contribution in [-0.2, 0) is 4.74 Å². The van der Waals surface area contributed by atoms with Crippen LogP contribution in [0.3, 0.4) is 0 Å². The van der Waals surface area contributed by atoms with Gasteiger partial charge in [-0.15, -0.1) is 0 Å². The summed E-state index contributed by atoms with van der Waals surface area (Å²) in [5.74, 6) is 1.38. The van der Waals surface area contributed by atoms with E-state index in [0.717, 1.165) is 5.56 Å². The van der Waals surface area contributed by atoms with Crippen molar-refractivity contribution in [1.82, 2.24) is 5.32 Å². The summed E-state index contributed by atoms with van der Waals surface area (Å²) in [5.41, 5.74) is 0.770. The third kappa shape index (κ3) is 4.57. The maximum absolute atomic E-state index is 10.2. The van der Waals surface area contributed by atoms with E-state index in [4.69, 9.17) is 19.3 Å². The third-order valence-corrected chi connectivity index (χ3v) is 3.40. The van der Waals surface area contributed by atoms with Crippen molar-refractivity contribution in [2.45, 2.75) is 18.6 Å². The Bertz CT molecular complexity index is 434. The van der Waals surface area contributed by atoms with Gasteiger partial charge in [-0.25, -0.2) is 0 Å². The van der Waals surface area contributed by atoms with Crippen molar-refractivity contribution in [3.8, 4) is 11.5 Å². The number of nitrogens with one attached hydrogen (secondary N) is 1. The van der Waals surface area contributed by atoms with Gasteiger partial charge in [-0.1, -0.05) is 6.07 Å². The molecule has 1 aromatic carbocycles. The largest absolute Gasteiger partial charge is 0.486 e. The van der Waals surface area contributed by atoms with Crippen molar-refractivity contribution in [3.05, 3.63) is 23.8 Å². The minimum Gasteiger partial charge on any atom is -0.486 e. The number of aliphatic hydroxyl groups excluding tert-OH is 2. The molecule has 0 saturated carbocycles. The quantitative estimate of drug-likeness (QED) is 0.647. The van der Waals surface area contributed by atoms with E-state index in [-0.39, 0.29) is 12.6 Å². The second-order valence-corrected chi connectivity index (χ2v) is 4.99. The fourth-order valence-electron chi connectivity index (χ4n) is 2.26. The molecular weight excluding hydrogens is 274 g/mol. The molecule has 0 radical (unpaired) electrons. The molecule has 0 fully saturated rings. The molecule has 6 nitrogen and oxygen atoms in total. The molecule has 1 aliphatic rings. The van der Waals surface area contributed by atoms with E-state index in [0.29, 0.717) is 44.3 Å². The predicted molar refractivity (Wildman–Crippen MR) is 77.8 cm³/mol. The number of aliphatic hydroxyl groups is 2. The van der Waals surface area contributed by atoms with Gasteiger partial charge in [-0.05, 0) is 24.1 Å². The van der Waals surface area contributed by atoms with Crippen LogP contribution >= 0.6 is 0 Å². The highest BCUT2D eigenvalue weighted by molar-refractivity contribution is 5.44. The van der Waals surface area contributed by atoms with Gasteiger partial charge in [0, 0.05) is 26.3 Å². The molecule has 2 unspecified atom stereocenters. The van der Waals surface area contributed by atoms with E-state index >= 15 is 0 Å². The highest BCUT2D eigenvalue weighted by Gasteiger charge is 2.16. The molecule has 0 amide bonds. The van der Waals surface area contributed by atoms with Crippen LogP contribution in [0.5, 0.6) is 11.5 Å². The number of hydrogen-bond donors (Lipinski definition) is 3. The van der Waals surface area contributed by atoms with E-state index < -0.39 is 6.10 Å². The minimum absolute atomic E-state index is 0.0202. The molecule has 6 heteroatoms. The zero-order valence-corrected chi connectivity index (χ0v) is 12.2. The predicted octanol–water partition coefficient (Wildman–Crippen LogP) is 0.478. The molecule has 1 heterocycles. The SMILES string of the molecule is COCC(CCO)NCC(O)c1ccc2c(c1)OCCO2. The van der Waals surface area contributed by atoms with Gasteiger partial charge >= 0.3 is 0 Å². The van der Waals surface area contributed by atoms with Crippen molar-refractivity contribution in [3.63, 3.8) is 0 Å². The molecule has 0 bridgehead atoms. The molecule has 1 aromatic rings. The minimum atomic E-state index is -0.654. The van der Waals surface area contributed by atoms with Crippen molar-refractivity contribution < 1.29 is 24.4 Å². The van der Waals surface area contributed by atoms with Crippen LogP contribution in [0.15, 0.2) is 18.2 Å². The highest BCUT2D eigenvalue weighted by atomic mass is 16.6. The Kier molecular flexibility index (Phi) is 6.25. The first-order chi connectivity index (χ1) is 10.2. The van der Waals surface area contributed by atoms with Crippen LogP contribution in [0, 0.1) is 0 Å². The summed E-state index contributed by atoms with van der Waals surface area (Å²) in [6.07, 6.45) is -0.0688. The summed E-state index contributed by atoms with van der Waals surface area (Å²) in [7, 11) is 1.61. The molecule has 2 rings (SSSR count). The molecule has 118 valence electrons. The highest BCUT2D eigenvalue weighted by Crippen LogP contribution is 2.32. The number of hydrogen-bond acceptors (Lipinski definition) is 6. The van der Waals surface area contributed by atoms with Gasteiger partial charge in [0.25, 0.3) is 0 Å². The maximum Gasteiger partial charge on any atom is 0.161 e. The maximum atomic E-state index is 10.2. The van der Waals surface area contributed by atoms with Crippen molar-refractivity contribution in [2.75, 3.05) is 40.1 Å². The molecule has 3 N–H and O–H groups in total. The molecule has 0 aliphatic carbocycles. The van der Waals surface area contributed by atoms with Crippen LogP contribution in [-0.4, -0.2) is 56.3 Å². The van der Waals surface area contributed by atoms with E-state index in [9.17, 15) is 5.11 Å². The second-order valence-electron chi connectivity index (χ2n) is 4.99. The summed E-state index contributed by atoms with van der Waals surface area (Å²) in [5, 5.41) is 22.4. The lowest BCUT2D eigenvalue weighted by Gasteiger charge is -2.22. The molecule has 1 aliphatic heterocycles. The van der Waals surface area contributed by atoms with Gasteiger partial charge in [-0.2, -0.15) is 0 Å². The molecule has 2 atom stereocenters. The van der Waals surface area contributed by atoms with E-state index in [2.05, 4.69) is 5.32 Å². The van der Waals surface area contributed by atoms with Crippen LogP contribution < -0.4 is 14.8 Å². The van der Waals surface area contributed by atoms with E-state index in [1.165, 1.54) is 0 Å². The number of methoxy groups -OCH3 is 1. The molecule has 0 spiro atoms. The van der Waals surface area contributed by atoms with Crippen LogP contribution in [0.25, 0.3) is 0 Å². The summed E-state index contributed by atoms with van der Waals surface area (Å²) in [4.78, 5) is 0. The van der Waals surface area contributed by atoms with Gasteiger partial charge in [0.15, 0.2) is 11.5 Å². The van der Waals surface area contributed by atoms with Crippen molar-refractivity contribution in [1.29, 1.82) is 0 Å². The Morgan fingerprint density at radius 2 is 2.05 bits per heavy atom. The summed E-state index contributed by atoms with van der Waals surface area (Å²) >= 11 is 0. The number of rotatable bonds is 8. The first-order valence-corrected chi connectivity index (χ1v) is 7.15. The number of fused-ring (bicyclic) bond motifs is 1. The Hall–Kier alpha value is -1.34. The normalized spacial score (nSPS) is 16.5. The monoisotopic (exact) mass is 297 g/mol. The van der Waals surface area contributed by atoms with Gasteiger partial charge in [0.1, 0.15) is 13.2 Å². The molecular formula is C15H23NO5. The zero-order valence-electron chi connectivity index (χ0n) is 12.2. The summed E-state index contributed by atoms with van der Waals surface area (Å²) in [6.45, 7) is 2.04. The summed E-state index contributed by atoms with van der Waals surface area (Å²) in [6, 6.07) is 5.47. The fourth-order valence-corrected chi connectivity index (χ4v) is 2.26. The van der Waals surface area contributed by atoms with Crippen molar-refractivity contribution in [2.24, 2.45) is 0 Å². The smallest absolute Gasteiger partial charge is 0.161 e. The second kappa shape index (κ2) is 8.19. The lowest BCUT2D eigenvalue weighted by atomic mass is 10.1. The van der Waals surface area contributed by atoms with Gasteiger partial charge < -0.3 is 29.7 Å². The average Bonchev–Trinajstić information content (AvgIpc) is 2.52.